The molecule has 2 N–H and O–H groups in total. The number of carbonyl (C=O) groups excluding carboxylic acids is 1. The van der Waals surface area contributed by atoms with Gasteiger partial charge in [0.25, 0.3) is 0 Å². The number of amides is 1. The zero-order valence-electron chi connectivity index (χ0n) is 16.7. The fourth-order valence-corrected chi connectivity index (χ4v) is 3.22. The lowest BCUT2D eigenvalue weighted by atomic mass is 10.0. The first kappa shape index (κ1) is 22.7. The molecule has 0 unspecified atom stereocenters. The van der Waals surface area contributed by atoms with Crippen molar-refractivity contribution in [2.75, 3.05) is 0 Å². The normalized spacial score (nSPS) is 12.1. The first-order valence-corrected chi connectivity index (χ1v) is 10.7. The van der Waals surface area contributed by atoms with E-state index in [9.17, 15) is 9.90 Å². The average Bonchev–Trinajstić information content (AvgIpc) is 2.66. The number of hydrogen-bond acceptors (Lipinski definition) is 2. The van der Waals surface area contributed by atoms with Gasteiger partial charge in [0.1, 0.15) is 0 Å². The summed E-state index contributed by atoms with van der Waals surface area (Å²) >= 11 is 0. The van der Waals surface area contributed by atoms with Gasteiger partial charge in [-0.25, -0.2) is 0 Å². The highest BCUT2D eigenvalue weighted by atomic mass is 16.3. The molecule has 0 radical (unpaired) electrons. The Morgan fingerprint density at radius 2 is 1.46 bits per heavy atom. The van der Waals surface area contributed by atoms with Crippen LogP contribution in [0.15, 0.2) is 30.3 Å². The van der Waals surface area contributed by atoms with E-state index in [-0.39, 0.29) is 12.0 Å². The molecular formula is C23H39NO2. The van der Waals surface area contributed by atoms with Gasteiger partial charge in [-0.1, -0.05) is 95.0 Å². The largest absolute Gasteiger partial charge is 0.393 e. The number of rotatable bonds is 16. The second kappa shape index (κ2) is 15.9. The minimum absolute atomic E-state index is 0.0733. The van der Waals surface area contributed by atoms with Crippen molar-refractivity contribution in [3.8, 4) is 0 Å². The van der Waals surface area contributed by atoms with Gasteiger partial charge in [0.2, 0.25) is 5.91 Å². The maximum absolute atomic E-state index is 11.8. The number of unbranched alkanes of at least 4 members (excludes halogenated alkanes) is 8. The molecule has 3 nitrogen and oxygen atoms in total. The summed E-state index contributed by atoms with van der Waals surface area (Å²) in [6.07, 6.45) is 14.4. The molecule has 1 aromatic carbocycles. The molecule has 0 saturated carbocycles. The predicted octanol–water partition coefficient (Wildman–Crippen LogP) is 5.75. The lowest BCUT2D eigenvalue weighted by molar-refractivity contribution is -0.121. The number of nitrogens with one attached hydrogen (secondary N) is 1. The standard InChI is InChI=1S/C23H39NO2/c1-2-3-4-5-6-7-8-9-13-17-22(25)18-14-19-23(26)24-20-21-15-11-10-12-16-21/h10-12,15-16,22,25H,2-9,13-14,17-20H2,1H3,(H,24,26)/t22-/m1/s1. The molecule has 0 aromatic heterocycles. The van der Waals surface area contributed by atoms with Crippen LogP contribution in [0.5, 0.6) is 0 Å². The summed E-state index contributed by atoms with van der Waals surface area (Å²) in [4.78, 5) is 11.8. The van der Waals surface area contributed by atoms with Crippen molar-refractivity contribution in [2.45, 2.75) is 103 Å². The van der Waals surface area contributed by atoms with Crippen LogP contribution in [0.25, 0.3) is 0 Å². The number of carbonyl (C=O) groups is 1. The van der Waals surface area contributed by atoms with Crippen molar-refractivity contribution in [3.05, 3.63) is 35.9 Å². The van der Waals surface area contributed by atoms with Crippen molar-refractivity contribution in [1.82, 2.24) is 5.32 Å². The van der Waals surface area contributed by atoms with Crippen molar-refractivity contribution in [2.24, 2.45) is 0 Å². The topological polar surface area (TPSA) is 49.3 Å². The van der Waals surface area contributed by atoms with Crippen molar-refractivity contribution in [1.29, 1.82) is 0 Å². The summed E-state index contributed by atoms with van der Waals surface area (Å²) in [7, 11) is 0. The van der Waals surface area contributed by atoms with Gasteiger partial charge in [0.15, 0.2) is 0 Å². The molecule has 148 valence electrons. The highest BCUT2D eigenvalue weighted by Gasteiger charge is 2.06. The second-order valence-electron chi connectivity index (χ2n) is 7.43. The number of aliphatic hydroxyl groups excluding tert-OH is 1. The van der Waals surface area contributed by atoms with Crippen molar-refractivity contribution in [3.63, 3.8) is 0 Å². The monoisotopic (exact) mass is 361 g/mol. The number of hydrogen-bond donors (Lipinski definition) is 2. The zero-order chi connectivity index (χ0) is 18.9. The minimum Gasteiger partial charge on any atom is -0.393 e. The van der Waals surface area contributed by atoms with Crippen LogP contribution < -0.4 is 5.32 Å². The Morgan fingerprint density at radius 3 is 2.12 bits per heavy atom. The predicted molar refractivity (Wildman–Crippen MR) is 110 cm³/mol. The maximum Gasteiger partial charge on any atom is 0.220 e. The molecule has 0 fully saturated rings. The zero-order valence-corrected chi connectivity index (χ0v) is 16.7. The molecule has 1 rings (SSSR count). The number of benzene rings is 1. The summed E-state index contributed by atoms with van der Waals surface area (Å²) in [6, 6.07) is 9.94. The molecule has 3 heteroatoms. The SMILES string of the molecule is CCCCCCCCCCC[C@@H](O)CCCC(=O)NCc1ccccc1. The van der Waals surface area contributed by atoms with E-state index in [0.717, 1.165) is 31.2 Å². The van der Waals surface area contributed by atoms with E-state index in [1.807, 2.05) is 30.3 Å². The van der Waals surface area contributed by atoms with E-state index in [1.165, 1.54) is 51.4 Å². The van der Waals surface area contributed by atoms with E-state index in [2.05, 4.69) is 12.2 Å². The van der Waals surface area contributed by atoms with Crippen LogP contribution in [-0.4, -0.2) is 17.1 Å². The van der Waals surface area contributed by atoms with Gasteiger partial charge >= 0.3 is 0 Å². The Labute approximate surface area is 160 Å². The fourth-order valence-electron chi connectivity index (χ4n) is 3.22. The Morgan fingerprint density at radius 1 is 0.885 bits per heavy atom. The Kier molecular flexibility index (Phi) is 13.8. The van der Waals surface area contributed by atoms with Gasteiger partial charge in [-0.15, -0.1) is 0 Å². The lowest BCUT2D eigenvalue weighted by Crippen LogP contribution is -2.22. The maximum atomic E-state index is 11.8. The van der Waals surface area contributed by atoms with Crippen molar-refractivity contribution >= 4 is 5.91 Å². The average molecular weight is 362 g/mol. The number of aliphatic hydroxyl groups is 1. The third-order valence-electron chi connectivity index (χ3n) is 4.91. The van der Waals surface area contributed by atoms with Crippen LogP contribution in [0, 0.1) is 0 Å². The van der Waals surface area contributed by atoms with E-state index in [4.69, 9.17) is 0 Å². The second-order valence-corrected chi connectivity index (χ2v) is 7.43. The first-order valence-electron chi connectivity index (χ1n) is 10.7. The van der Waals surface area contributed by atoms with Gasteiger partial charge < -0.3 is 10.4 Å². The molecule has 1 aromatic rings. The first-order chi connectivity index (χ1) is 12.7. The highest BCUT2D eigenvalue weighted by Crippen LogP contribution is 2.13. The van der Waals surface area contributed by atoms with Gasteiger partial charge in [-0.05, 0) is 24.8 Å². The van der Waals surface area contributed by atoms with Crippen LogP contribution in [0.1, 0.15) is 96.0 Å². The van der Waals surface area contributed by atoms with Crippen LogP contribution in [-0.2, 0) is 11.3 Å². The van der Waals surface area contributed by atoms with E-state index >= 15 is 0 Å². The Hall–Kier alpha value is -1.35. The van der Waals surface area contributed by atoms with E-state index < -0.39 is 0 Å². The van der Waals surface area contributed by atoms with Crippen LogP contribution in [0.3, 0.4) is 0 Å². The summed E-state index contributed by atoms with van der Waals surface area (Å²) in [5.41, 5.74) is 1.12. The molecule has 0 saturated heterocycles. The van der Waals surface area contributed by atoms with Crippen LogP contribution in [0.2, 0.25) is 0 Å². The molecule has 0 spiro atoms. The smallest absolute Gasteiger partial charge is 0.220 e. The molecule has 0 bridgehead atoms. The van der Waals surface area contributed by atoms with Gasteiger partial charge in [0, 0.05) is 13.0 Å². The molecule has 0 aliphatic heterocycles. The van der Waals surface area contributed by atoms with Crippen LogP contribution >= 0.6 is 0 Å². The summed E-state index contributed by atoms with van der Waals surface area (Å²) in [6.45, 7) is 2.84. The quantitative estimate of drug-likeness (QED) is 0.368. The lowest BCUT2D eigenvalue weighted by Gasteiger charge is -2.10. The molecule has 0 aliphatic rings. The van der Waals surface area contributed by atoms with Gasteiger partial charge in [-0.3, -0.25) is 4.79 Å². The molecule has 0 heterocycles. The Balaban J connectivity index is 1.90. The molecular weight excluding hydrogens is 322 g/mol. The fraction of sp³-hybridized carbons (Fsp3) is 0.696. The third-order valence-corrected chi connectivity index (χ3v) is 4.91. The summed E-state index contributed by atoms with van der Waals surface area (Å²) in [5, 5.41) is 13.0. The van der Waals surface area contributed by atoms with Gasteiger partial charge in [0.05, 0.1) is 6.10 Å². The summed E-state index contributed by atoms with van der Waals surface area (Å²) in [5.74, 6) is 0.0733. The molecule has 26 heavy (non-hydrogen) atoms. The molecule has 1 amide bonds. The van der Waals surface area contributed by atoms with E-state index in [1.54, 1.807) is 0 Å². The summed E-state index contributed by atoms with van der Waals surface area (Å²) < 4.78 is 0. The van der Waals surface area contributed by atoms with Crippen molar-refractivity contribution < 1.29 is 9.90 Å². The molecule has 0 aliphatic carbocycles. The van der Waals surface area contributed by atoms with Gasteiger partial charge in [-0.2, -0.15) is 0 Å². The molecule has 1 atom stereocenters. The van der Waals surface area contributed by atoms with Crippen LogP contribution in [0.4, 0.5) is 0 Å². The Bertz CT molecular complexity index is 447. The highest BCUT2D eigenvalue weighted by molar-refractivity contribution is 5.75. The van der Waals surface area contributed by atoms with E-state index in [0.29, 0.717) is 13.0 Å². The third kappa shape index (κ3) is 12.9. The minimum atomic E-state index is -0.249.